The van der Waals surface area contributed by atoms with Crippen LogP contribution in [0.2, 0.25) is 0 Å². The minimum absolute atomic E-state index is 0.189. The van der Waals surface area contributed by atoms with E-state index in [2.05, 4.69) is 0 Å². The van der Waals surface area contributed by atoms with Crippen LogP contribution in [0.5, 0.6) is 11.5 Å². The first-order valence-corrected chi connectivity index (χ1v) is 9.81. The average Bonchev–Trinajstić information content (AvgIpc) is 2.70. The van der Waals surface area contributed by atoms with Crippen LogP contribution in [0.3, 0.4) is 0 Å². The molecule has 0 bridgehead atoms. The molecule has 2 aromatic carbocycles. The number of halogens is 5. The van der Waals surface area contributed by atoms with Crippen molar-refractivity contribution in [3.05, 3.63) is 59.7 Å². The van der Waals surface area contributed by atoms with Gasteiger partial charge in [-0.1, -0.05) is 45.0 Å². The fourth-order valence-electron chi connectivity index (χ4n) is 2.65. The van der Waals surface area contributed by atoms with Gasteiger partial charge in [0.15, 0.2) is 0 Å². The topological polar surface area (TPSA) is 18.5 Å². The van der Waals surface area contributed by atoms with Gasteiger partial charge in [0.2, 0.25) is 6.17 Å². The summed E-state index contributed by atoms with van der Waals surface area (Å²) in [6.07, 6.45) is -7.92. The maximum Gasteiger partial charge on any atom is 0.423 e. The normalized spacial score (nSPS) is 14.3. The fourth-order valence-corrected chi connectivity index (χ4v) is 2.74. The Morgan fingerprint density at radius 1 is 0.828 bits per heavy atom. The second kappa shape index (κ2) is 9.70. The first-order valence-electron chi connectivity index (χ1n) is 9.27. The van der Waals surface area contributed by atoms with Crippen molar-refractivity contribution in [1.82, 2.24) is 0 Å². The summed E-state index contributed by atoms with van der Waals surface area (Å²) in [4.78, 5) is 0. The Hall–Kier alpha value is -1.95. The van der Waals surface area contributed by atoms with Crippen LogP contribution < -0.4 is 9.47 Å². The van der Waals surface area contributed by atoms with E-state index in [1.165, 1.54) is 0 Å². The Labute approximate surface area is 173 Å². The molecule has 0 heterocycles. The minimum atomic E-state index is -4.92. The van der Waals surface area contributed by atoms with Crippen molar-refractivity contribution >= 4 is 11.6 Å². The van der Waals surface area contributed by atoms with Crippen LogP contribution in [-0.4, -0.2) is 31.4 Å². The molecule has 0 aliphatic heterocycles. The molecule has 2 atom stereocenters. The number of hydrogen-bond acceptors (Lipinski definition) is 2. The molecule has 0 aliphatic rings. The van der Waals surface area contributed by atoms with Crippen molar-refractivity contribution in [3.63, 3.8) is 0 Å². The molecule has 2 nitrogen and oxygen atoms in total. The van der Waals surface area contributed by atoms with Crippen molar-refractivity contribution in [2.45, 2.75) is 38.5 Å². The van der Waals surface area contributed by atoms with Gasteiger partial charge in [0.25, 0.3) is 0 Å². The Morgan fingerprint density at radius 2 is 1.24 bits per heavy atom. The first-order chi connectivity index (χ1) is 13.5. The summed E-state index contributed by atoms with van der Waals surface area (Å²) < 4.78 is 60.3. The molecule has 0 spiro atoms. The highest BCUT2D eigenvalue weighted by molar-refractivity contribution is 6.18. The predicted molar refractivity (Wildman–Crippen MR) is 107 cm³/mol. The summed E-state index contributed by atoms with van der Waals surface area (Å²) in [6, 6.07) is 14.4. The zero-order valence-corrected chi connectivity index (χ0v) is 17.4. The maximum absolute atomic E-state index is 13.0. The third kappa shape index (κ3) is 6.53. The van der Waals surface area contributed by atoms with E-state index >= 15 is 0 Å². The van der Waals surface area contributed by atoms with Gasteiger partial charge in [-0.05, 0) is 35.4 Å². The molecule has 0 aromatic heterocycles. The van der Waals surface area contributed by atoms with Gasteiger partial charge in [-0.3, -0.25) is 0 Å². The van der Waals surface area contributed by atoms with E-state index in [1.807, 2.05) is 45.0 Å². The van der Waals surface area contributed by atoms with E-state index in [9.17, 15) is 17.6 Å². The van der Waals surface area contributed by atoms with Gasteiger partial charge in [0, 0.05) is 17.2 Å². The van der Waals surface area contributed by atoms with Gasteiger partial charge in [-0.25, -0.2) is 4.39 Å². The van der Waals surface area contributed by atoms with E-state index in [-0.39, 0.29) is 17.1 Å². The lowest BCUT2D eigenvalue weighted by Gasteiger charge is -2.26. The Kier molecular flexibility index (Phi) is 7.80. The van der Waals surface area contributed by atoms with Crippen LogP contribution in [0, 0.1) is 5.92 Å². The monoisotopic (exact) mass is 432 g/mol. The minimum Gasteiger partial charge on any atom is -0.493 e. The fraction of sp³-hybridized carbons (Fsp3) is 0.455. The van der Waals surface area contributed by atoms with E-state index in [4.69, 9.17) is 21.1 Å². The molecular weight excluding hydrogens is 408 g/mol. The molecule has 0 N–H and O–H groups in total. The number of hydrogen-bond donors (Lipinski definition) is 0. The highest BCUT2D eigenvalue weighted by atomic mass is 35.5. The molecule has 2 rings (SSSR count). The molecule has 0 aliphatic carbocycles. The van der Waals surface area contributed by atoms with Gasteiger partial charge in [-0.2, -0.15) is 13.2 Å². The van der Waals surface area contributed by atoms with Crippen LogP contribution in [-0.2, 0) is 5.41 Å². The summed E-state index contributed by atoms with van der Waals surface area (Å²) in [6.45, 7) is 5.57. The molecular formula is C22H25ClF4O2. The molecule has 2 aromatic rings. The number of ether oxygens (including phenoxy) is 2. The van der Waals surface area contributed by atoms with Crippen molar-refractivity contribution in [1.29, 1.82) is 0 Å². The zero-order valence-electron chi connectivity index (χ0n) is 16.6. The maximum atomic E-state index is 13.0. The standard InChI is InChI=1S/C22H25ClF4O2/c1-15(12-23)13-28-18-8-4-16(5-9-18)21(2,3)17-6-10-19(11-7-17)29-14-20(24)22(25,26)27/h4-11,15,20H,12-14H2,1-3H3. The summed E-state index contributed by atoms with van der Waals surface area (Å²) >= 11 is 5.78. The van der Waals surface area contributed by atoms with E-state index in [1.54, 1.807) is 24.3 Å². The van der Waals surface area contributed by atoms with Crippen LogP contribution >= 0.6 is 11.6 Å². The van der Waals surface area contributed by atoms with Crippen molar-refractivity contribution in [3.8, 4) is 11.5 Å². The van der Waals surface area contributed by atoms with E-state index in [0.29, 0.717) is 12.5 Å². The van der Waals surface area contributed by atoms with E-state index < -0.39 is 19.0 Å². The van der Waals surface area contributed by atoms with Crippen LogP contribution in [0.25, 0.3) is 0 Å². The molecule has 0 saturated heterocycles. The van der Waals surface area contributed by atoms with Crippen LogP contribution in [0.15, 0.2) is 48.5 Å². The number of rotatable bonds is 9. The summed E-state index contributed by atoms with van der Waals surface area (Å²) in [5, 5.41) is 0. The molecule has 7 heteroatoms. The molecule has 2 unspecified atom stereocenters. The quantitative estimate of drug-likeness (QED) is 0.330. The van der Waals surface area contributed by atoms with E-state index in [0.717, 1.165) is 16.9 Å². The van der Waals surface area contributed by atoms with Gasteiger partial charge in [0.1, 0.15) is 18.1 Å². The third-order valence-corrected chi connectivity index (χ3v) is 5.23. The molecule has 0 radical (unpaired) electrons. The van der Waals surface area contributed by atoms with Gasteiger partial charge >= 0.3 is 6.18 Å². The lowest BCUT2D eigenvalue weighted by molar-refractivity contribution is -0.187. The van der Waals surface area contributed by atoms with Crippen LogP contribution in [0.1, 0.15) is 31.9 Å². The van der Waals surface area contributed by atoms with Gasteiger partial charge in [-0.15, -0.1) is 11.6 Å². The zero-order chi connectivity index (χ0) is 21.7. The van der Waals surface area contributed by atoms with Crippen molar-refractivity contribution in [2.75, 3.05) is 19.1 Å². The highest BCUT2D eigenvalue weighted by Crippen LogP contribution is 2.33. The third-order valence-electron chi connectivity index (χ3n) is 4.70. The highest BCUT2D eigenvalue weighted by Gasteiger charge is 2.40. The second-order valence-corrected chi connectivity index (χ2v) is 7.87. The van der Waals surface area contributed by atoms with Crippen LogP contribution in [0.4, 0.5) is 17.6 Å². The summed E-state index contributed by atoms with van der Waals surface area (Å²) in [7, 11) is 0. The van der Waals surface area contributed by atoms with Crippen molar-refractivity contribution in [2.24, 2.45) is 5.92 Å². The SMILES string of the molecule is CC(CCl)COc1ccc(C(C)(C)c2ccc(OCC(F)C(F)(F)F)cc2)cc1. The van der Waals surface area contributed by atoms with Gasteiger partial charge < -0.3 is 9.47 Å². The second-order valence-electron chi connectivity index (χ2n) is 7.56. The lowest BCUT2D eigenvalue weighted by atomic mass is 9.78. The summed E-state index contributed by atoms with van der Waals surface area (Å²) in [5.41, 5.74) is 1.64. The predicted octanol–water partition coefficient (Wildman–Crippen LogP) is 6.55. The average molecular weight is 433 g/mol. The Morgan fingerprint density at radius 3 is 1.62 bits per heavy atom. The summed E-state index contributed by atoms with van der Waals surface area (Å²) in [5.74, 6) is 1.74. The molecule has 0 saturated carbocycles. The number of alkyl halides is 5. The van der Waals surface area contributed by atoms with Crippen molar-refractivity contribution < 1.29 is 27.0 Å². The Balaban J connectivity index is 2.03. The molecule has 160 valence electrons. The van der Waals surface area contributed by atoms with Gasteiger partial charge in [0.05, 0.1) is 6.61 Å². The molecule has 0 amide bonds. The molecule has 0 fully saturated rings. The Bertz CT molecular complexity index is 758. The largest absolute Gasteiger partial charge is 0.493 e. The lowest BCUT2D eigenvalue weighted by Crippen LogP contribution is -2.30. The number of benzene rings is 2. The molecule has 29 heavy (non-hydrogen) atoms. The smallest absolute Gasteiger partial charge is 0.423 e. The first kappa shape index (κ1) is 23.3.